The molecule has 0 aliphatic carbocycles. The van der Waals surface area contributed by atoms with Gasteiger partial charge in [0.15, 0.2) is 5.43 Å². The molecule has 0 atom stereocenters. The minimum atomic E-state index is 0.0688. The predicted octanol–water partition coefficient (Wildman–Crippen LogP) is 3.21. The summed E-state index contributed by atoms with van der Waals surface area (Å²) >= 11 is 0. The Morgan fingerprint density at radius 1 is 0.706 bits per heavy atom. The van der Waals surface area contributed by atoms with Gasteiger partial charge in [0.25, 0.3) is 0 Å². The number of para-hydroxylation sites is 1. The molecule has 2 aromatic carbocycles. The van der Waals surface area contributed by atoms with Crippen LogP contribution in [0.4, 0.5) is 0 Å². The summed E-state index contributed by atoms with van der Waals surface area (Å²) in [4.78, 5) is 14.2. The lowest BCUT2D eigenvalue weighted by molar-refractivity contribution is 1.39. The topological polar surface area (TPSA) is 32.9 Å². The summed E-state index contributed by atoms with van der Waals surface area (Å²) in [5.41, 5.74) is 0.958. The Kier molecular flexibility index (Phi) is 3.71. The zero-order chi connectivity index (χ0) is 11.9. The summed E-state index contributed by atoms with van der Waals surface area (Å²) in [5, 5.41) is 0.745. The molecular formula is C15H13NO. The first-order valence-electron chi connectivity index (χ1n) is 5.44. The zero-order valence-corrected chi connectivity index (χ0v) is 9.34. The standard InChI is InChI=1S/C9H7NO.C6H6/c11-9-5-6-10-8-4-2-1-3-7(8)9;1-2-4-6-5-3-1/h1-6H,(H,10,11);1-6H. The van der Waals surface area contributed by atoms with Crippen molar-refractivity contribution in [2.24, 2.45) is 0 Å². The van der Waals surface area contributed by atoms with Crippen LogP contribution in [0.1, 0.15) is 0 Å². The molecule has 1 heterocycles. The molecule has 1 aromatic heterocycles. The molecule has 0 aliphatic heterocycles. The fourth-order valence-electron chi connectivity index (χ4n) is 1.51. The van der Waals surface area contributed by atoms with Gasteiger partial charge >= 0.3 is 0 Å². The van der Waals surface area contributed by atoms with E-state index in [4.69, 9.17) is 0 Å². The van der Waals surface area contributed by atoms with Crippen molar-refractivity contribution in [2.75, 3.05) is 0 Å². The van der Waals surface area contributed by atoms with Gasteiger partial charge in [-0.15, -0.1) is 0 Å². The van der Waals surface area contributed by atoms with Gasteiger partial charge in [-0.2, -0.15) is 0 Å². The molecule has 0 fully saturated rings. The summed E-state index contributed by atoms with van der Waals surface area (Å²) < 4.78 is 0. The average Bonchev–Trinajstić information content (AvgIpc) is 2.42. The van der Waals surface area contributed by atoms with Gasteiger partial charge in [-0.05, 0) is 12.1 Å². The molecule has 0 bridgehead atoms. The van der Waals surface area contributed by atoms with Crippen LogP contribution in [-0.4, -0.2) is 4.98 Å². The van der Waals surface area contributed by atoms with Gasteiger partial charge in [-0.3, -0.25) is 4.79 Å². The number of benzene rings is 2. The monoisotopic (exact) mass is 223 g/mol. The smallest absolute Gasteiger partial charge is 0.189 e. The molecule has 84 valence electrons. The lowest BCUT2D eigenvalue weighted by atomic mass is 10.2. The lowest BCUT2D eigenvalue weighted by Gasteiger charge is -1.92. The van der Waals surface area contributed by atoms with E-state index < -0.39 is 0 Å². The lowest BCUT2D eigenvalue weighted by Crippen LogP contribution is -1.98. The molecule has 0 radical (unpaired) electrons. The molecule has 0 unspecified atom stereocenters. The number of hydrogen-bond acceptors (Lipinski definition) is 1. The van der Waals surface area contributed by atoms with Crippen molar-refractivity contribution in [2.45, 2.75) is 0 Å². The number of hydrogen-bond donors (Lipinski definition) is 1. The van der Waals surface area contributed by atoms with Crippen LogP contribution in [0, 0.1) is 0 Å². The van der Waals surface area contributed by atoms with Crippen molar-refractivity contribution in [3.63, 3.8) is 0 Å². The predicted molar refractivity (Wildman–Crippen MR) is 71.0 cm³/mol. The van der Waals surface area contributed by atoms with Gasteiger partial charge in [-0.25, -0.2) is 0 Å². The Hall–Kier alpha value is -2.35. The number of rotatable bonds is 0. The summed E-state index contributed by atoms with van der Waals surface area (Å²) in [6, 6.07) is 21.0. The molecule has 0 saturated carbocycles. The number of fused-ring (bicyclic) bond motifs is 1. The molecular weight excluding hydrogens is 210 g/mol. The van der Waals surface area contributed by atoms with Gasteiger partial charge in [0, 0.05) is 23.2 Å². The number of pyridine rings is 1. The van der Waals surface area contributed by atoms with Crippen molar-refractivity contribution >= 4 is 10.9 Å². The number of aromatic amines is 1. The van der Waals surface area contributed by atoms with Crippen LogP contribution in [-0.2, 0) is 0 Å². The number of H-pyrrole nitrogens is 1. The van der Waals surface area contributed by atoms with Gasteiger partial charge in [0.05, 0.1) is 0 Å². The Morgan fingerprint density at radius 2 is 1.29 bits per heavy atom. The highest BCUT2D eigenvalue weighted by Crippen LogP contribution is 2.03. The van der Waals surface area contributed by atoms with E-state index in [1.165, 1.54) is 6.07 Å². The van der Waals surface area contributed by atoms with E-state index in [0.717, 1.165) is 10.9 Å². The Labute approximate surface area is 99.6 Å². The normalized spacial score (nSPS) is 9.41. The number of aromatic nitrogens is 1. The molecule has 0 spiro atoms. The molecule has 2 nitrogen and oxygen atoms in total. The third-order valence-corrected chi connectivity index (χ3v) is 2.33. The average molecular weight is 223 g/mol. The molecule has 17 heavy (non-hydrogen) atoms. The first-order chi connectivity index (χ1) is 8.38. The minimum absolute atomic E-state index is 0.0688. The van der Waals surface area contributed by atoms with Crippen LogP contribution in [0.25, 0.3) is 10.9 Å². The minimum Gasteiger partial charge on any atom is -0.361 e. The third-order valence-electron chi connectivity index (χ3n) is 2.33. The third kappa shape index (κ3) is 3.05. The van der Waals surface area contributed by atoms with E-state index in [-0.39, 0.29) is 5.43 Å². The molecule has 3 rings (SSSR count). The molecule has 0 amide bonds. The summed E-state index contributed by atoms with van der Waals surface area (Å²) in [5.74, 6) is 0. The van der Waals surface area contributed by atoms with Crippen molar-refractivity contribution in [1.29, 1.82) is 0 Å². The molecule has 3 aromatic rings. The second kappa shape index (κ2) is 5.66. The van der Waals surface area contributed by atoms with E-state index in [2.05, 4.69) is 4.98 Å². The molecule has 1 N–H and O–H groups in total. The van der Waals surface area contributed by atoms with Crippen LogP contribution in [0.5, 0.6) is 0 Å². The molecule has 2 heteroatoms. The second-order valence-corrected chi connectivity index (χ2v) is 3.54. The van der Waals surface area contributed by atoms with Gasteiger partial charge in [0.1, 0.15) is 0 Å². The SMILES string of the molecule is O=c1cc[nH]c2ccccc12.c1ccccc1. The number of nitrogens with one attached hydrogen (secondary N) is 1. The fraction of sp³-hybridized carbons (Fsp3) is 0. The first kappa shape index (κ1) is 11.1. The van der Waals surface area contributed by atoms with Gasteiger partial charge in [-0.1, -0.05) is 48.5 Å². The Morgan fingerprint density at radius 3 is 1.88 bits per heavy atom. The van der Waals surface area contributed by atoms with Crippen LogP contribution >= 0.6 is 0 Å². The van der Waals surface area contributed by atoms with Gasteiger partial charge < -0.3 is 4.98 Å². The maximum atomic E-state index is 11.2. The first-order valence-corrected chi connectivity index (χ1v) is 5.44. The zero-order valence-electron chi connectivity index (χ0n) is 9.34. The van der Waals surface area contributed by atoms with E-state index in [1.54, 1.807) is 6.20 Å². The van der Waals surface area contributed by atoms with Crippen molar-refractivity contribution in [3.05, 3.63) is 83.2 Å². The Balaban J connectivity index is 0.000000153. The largest absolute Gasteiger partial charge is 0.361 e. The van der Waals surface area contributed by atoms with Crippen molar-refractivity contribution in [3.8, 4) is 0 Å². The maximum Gasteiger partial charge on any atom is 0.189 e. The molecule has 0 saturated heterocycles. The highest BCUT2D eigenvalue weighted by molar-refractivity contribution is 5.77. The van der Waals surface area contributed by atoms with E-state index >= 15 is 0 Å². The van der Waals surface area contributed by atoms with E-state index in [9.17, 15) is 4.79 Å². The highest BCUT2D eigenvalue weighted by Gasteiger charge is 1.92. The summed E-state index contributed by atoms with van der Waals surface area (Å²) in [6.07, 6.45) is 1.66. The Bertz CT molecular complexity index is 597. The second-order valence-electron chi connectivity index (χ2n) is 3.54. The summed E-state index contributed by atoms with van der Waals surface area (Å²) in [7, 11) is 0. The van der Waals surface area contributed by atoms with E-state index in [0.29, 0.717) is 0 Å². The molecule has 0 aliphatic rings. The van der Waals surface area contributed by atoms with Crippen molar-refractivity contribution < 1.29 is 0 Å². The van der Waals surface area contributed by atoms with Crippen LogP contribution in [0.3, 0.4) is 0 Å². The van der Waals surface area contributed by atoms with E-state index in [1.807, 2.05) is 60.7 Å². The fourth-order valence-corrected chi connectivity index (χ4v) is 1.51. The maximum absolute atomic E-state index is 11.2. The van der Waals surface area contributed by atoms with Crippen LogP contribution < -0.4 is 5.43 Å². The highest BCUT2D eigenvalue weighted by atomic mass is 16.1. The van der Waals surface area contributed by atoms with Crippen LogP contribution in [0.15, 0.2) is 77.7 Å². The van der Waals surface area contributed by atoms with Crippen LogP contribution in [0.2, 0.25) is 0 Å². The summed E-state index contributed by atoms with van der Waals surface area (Å²) in [6.45, 7) is 0. The van der Waals surface area contributed by atoms with Crippen molar-refractivity contribution in [1.82, 2.24) is 4.98 Å². The quantitative estimate of drug-likeness (QED) is 0.623. The van der Waals surface area contributed by atoms with Gasteiger partial charge in [0.2, 0.25) is 0 Å².